The number of piperidine rings is 1. The van der Waals surface area contributed by atoms with Gasteiger partial charge in [0.2, 0.25) is 0 Å². The minimum absolute atomic E-state index is 0.245. The Morgan fingerprint density at radius 1 is 1.26 bits per heavy atom. The molecule has 1 saturated carbocycles. The lowest BCUT2D eigenvalue weighted by molar-refractivity contribution is -0.144. The maximum atomic E-state index is 11.3. The molecule has 1 aliphatic heterocycles. The van der Waals surface area contributed by atoms with Crippen molar-refractivity contribution in [1.29, 1.82) is 0 Å². The van der Waals surface area contributed by atoms with Crippen LogP contribution >= 0.6 is 0 Å². The van der Waals surface area contributed by atoms with E-state index < -0.39 is 5.97 Å². The summed E-state index contributed by atoms with van der Waals surface area (Å²) in [6, 6.07) is 10.4. The van der Waals surface area contributed by atoms with Gasteiger partial charge >= 0.3 is 5.97 Å². The number of likely N-dealkylation sites (tertiary alicyclic amines) is 1. The molecule has 102 valence electrons. The Hall–Kier alpha value is -1.35. The summed E-state index contributed by atoms with van der Waals surface area (Å²) in [5.74, 6) is 0.663. The Morgan fingerprint density at radius 3 is 2.79 bits per heavy atom. The zero-order valence-corrected chi connectivity index (χ0v) is 11.2. The number of carboxylic acids is 1. The van der Waals surface area contributed by atoms with Gasteiger partial charge in [-0.05, 0) is 43.2 Å². The standard InChI is InChI=1S/C16H21NO2/c18-16(19)15-8-4-5-9-17(15)11-13-10-14(13)12-6-2-1-3-7-12/h1-3,6-7,13-15H,4-5,8-11H2,(H,18,19)/t13-,14-,15?/m0/s1. The Morgan fingerprint density at radius 2 is 2.05 bits per heavy atom. The van der Waals surface area contributed by atoms with Gasteiger partial charge in [-0.1, -0.05) is 36.8 Å². The summed E-state index contributed by atoms with van der Waals surface area (Å²) < 4.78 is 0. The first-order valence-electron chi connectivity index (χ1n) is 7.27. The van der Waals surface area contributed by atoms with E-state index in [1.807, 2.05) is 6.07 Å². The van der Waals surface area contributed by atoms with Gasteiger partial charge in [0.15, 0.2) is 0 Å². The van der Waals surface area contributed by atoms with Gasteiger partial charge in [0, 0.05) is 6.54 Å². The summed E-state index contributed by atoms with van der Waals surface area (Å²) in [6.07, 6.45) is 4.23. The lowest BCUT2D eigenvalue weighted by Crippen LogP contribution is -2.45. The molecule has 1 aliphatic carbocycles. The van der Waals surface area contributed by atoms with Crippen LogP contribution in [0.3, 0.4) is 0 Å². The van der Waals surface area contributed by atoms with Crippen LogP contribution in [0.5, 0.6) is 0 Å². The van der Waals surface area contributed by atoms with E-state index in [1.54, 1.807) is 0 Å². The highest BCUT2D eigenvalue weighted by Gasteiger charge is 2.41. The summed E-state index contributed by atoms with van der Waals surface area (Å²) >= 11 is 0. The zero-order valence-electron chi connectivity index (χ0n) is 11.2. The van der Waals surface area contributed by atoms with Crippen molar-refractivity contribution in [3.63, 3.8) is 0 Å². The molecule has 19 heavy (non-hydrogen) atoms. The van der Waals surface area contributed by atoms with Crippen LogP contribution in [0, 0.1) is 5.92 Å². The second-order valence-corrected chi connectivity index (χ2v) is 5.86. The van der Waals surface area contributed by atoms with Crippen LogP contribution in [0.4, 0.5) is 0 Å². The van der Waals surface area contributed by atoms with Crippen molar-refractivity contribution in [2.45, 2.75) is 37.6 Å². The molecular formula is C16H21NO2. The van der Waals surface area contributed by atoms with Crippen LogP contribution in [-0.4, -0.2) is 35.1 Å². The number of hydrogen-bond acceptors (Lipinski definition) is 2. The highest BCUT2D eigenvalue weighted by Crippen LogP contribution is 2.48. The van der Waals surface area contributed by atoms with Crippen molar-refractivity contribution < 1.29 is 9.90 Å². The molecule has 2 aliphatic rings. The van der Waals surface area contributed by atoms with Gasteiger partial charge in [0.1, 0.15) is 6.04 Å². The maximum Gasteiger partial charge on any atom is 0.320 e. The fraction of sp³-hybridized carbons (Fsp3) is 0.562. The molecule has 3 heteroatoms. The van der Waals surface area contributed by atoms with E-state index in [9.17, 15) is 9.90 Å². The van der Waals surface area contributed by atoms with Gasteiger partial charge in [-0.2, -0.15) is 0 Å². The third kappa shape index (κ3) is 2.81. The fourth-order valence-corrected chi connectivity index (χ4v) is 3.35. The smallest absolute Gasteiger partial charge is 0.320 e. The van der Waals surface area contributed by atoms with E-state index in [0.29, 0.717) is 11.8 Å². The Kier molecular flexibility index (Phi) is 3.56. The third-order valence-corrected chi connectivity index (χ3v) is 4.52. The van der Waals surface area contributed by atoms with Crippen molar-refractivity contribution in [3.05, 3.63) is 35.9 Å². The van der Waals surface area contributed by atoms with E-state index in [4.69, 9.17) is 0 Å². The molecule has 0 spiro atoms. The van der Waals surface area contributed by atoms with Crippen molar-refractivity contribution >= 4 is 5.97 Å². The molecule has 3 nitrogen and oxygen atoms in total. The number of aliphatic carboxylic acids is 1. The first-order valence-corrected chi connectivity index (χ1v) is 7.27. The Bertz CT molecular complexity index is 445. The van der Waals surface area contributed by atoms with Crippen LogP contribution in [0.1, 0.15) is 37.2 Å². The zero-order chi connectivity index (χ0) is 13.2. The lowest BCUT2D eigenvalue weighted by Gasteiger charge is -2.33. The van der Waals surface area contributed by atoms with E-state index >= 15 is 0 Å². The molecule has 1 aromatic carbocycles. The first-order chi connectivity index (χ1) is 9.25. The monoisotopic (exact) mass is 259 g/mol. The molecule has 1 heterocycles. The molecule has 1 unspecified atom stereocenters. The largest absolute Gasteiger partial charge is 0.480 e. The van der Waals surface area contributed by atoms with Crippen LogP contribution < -0.4 is 0 Å². The summed E-state index contributed by atoms with van der Waals surface area (Å²) in [6.45, 7) is 1.91. The number of rotatable bonds is 4. The highest BCUT2D eigenvalue weighted by molar-refractivity contribution is 5.73. The van der Waals surface area contributed by atoms with Crippen molar-refractivity contribution in [2.75, 3.05) is 13.1 Å². The summed E-state index contributed by atoms with van der Waals surface area (Å²) in [5.41, 5.74) is 1.41. The number of nitrogens with zero attached hydrogens (tertiary/aromatic N) is 1. The number of benzene rings is 1. The molecule has 0 aromatic heterocycles. The fourth-order valence-electron chi connectivity index (χ4n) is 3.35. The SMILES string of the molecule is O=C(O)C1CCCCN1C[C@@H]1C[C@H]1c1ccccc1. The van der Waals surface area contributed by atoms with E-state index in [1.165, 1.54) is 12.0 Å². The molecular weight excluding hydrogens is 238 g/mol. The molecule has 1 N–H and O–H groups in total. The van der Waals surface area contributed by atoms with Gasteiger partial charge in [-0.25, -0.2) is 0 Å². The molecule has 3 atom stereocenters. The summed E-state index contributed by atoms with van der Waals surface area (Å²) in [7, 11) is 0. The molecule has 2 fully saturated rings. The Labute approximate surface area is 114 Å². The summed E-state index contributed by atoms with van der Waals surface area (Å²) in [5, 5.41) is 9.28. The molecule has 3 rings (SSSR count). The number of carboxylic acid groups (broad SMARTS) is 1. The highest BCUT2D eigenvalue weighted by atomic mass is 16.4. The van der Waals surface area contributed by atoms with Crippen LogP contribution in [-0.2, 0) is 4.79 Å². The summed E-state index contributed by atoms with van der Waals surface area (Å²) in [4.78, 5) is 13.5. The topological polar surface area (TPSA) is 40.5 Å². The Balaban J connectivity index is 1.59. The number of hydrogen-bond donors (Lipinski definition) is 1. The van der Waals surface area contributed by atoms with Crippen LogP contribution in [0.15, 0.2) is 30.3 Å². The number of carbonyl (C=O) groups is 1. The van der Waals surface area contributed by atoms with E-state index in [2.05, 4.69) is 29.2 Å². The second-order valence-electron chi connectivity index (χ2n) is 5.86. The first kappa shape index (κ1) is 12.7. The maximum absolute atomic E-state index is 11.3. The normalized spacial score (nSPS) is 31.1. The van der Waals surface area contributed by atoms with Crippen LogP contribution in [0.25, 0.3) is 0 Å². The van der Waals surface area contributed by atoms with Gasteiger partial charge in [0.25, 0.3) is 0 Å². The predicted molar refractivity (Wildman–Crippen MR) is 74.1 cm³/mol. The average Bonchev–Trinajstić information content (AvgIpc) is 3.19. The molecule has 1 saturated heterocycles. The lowest BCUT2D eigenvalue weighted by atomic mass is 10.0. The molecule has 0 bridgehead atoms. The van der Waals surface area contributed by atoms with Gasteiger partial charge in [-0.15, -0.1) is 0 Å². The van der Waals surface area contributed by atoms with E-state index in [0.717, 1.165) is 32.4 Å². The second kappa shape index (κ2) is 5.33. The molecule has 0 radical (unpaired) electrons. The minimum atomic E-state index is -0.642. The minimum Gasteiger partial charge on any atom is -0.480 e. The predicted octanol–water partition coefficient (Wildman–Crippen LogP) is 2.73. The van der Waals surface area contributed by atoms with Gasteiger partial charge in [-0.3, -0.25) is 9.69 Å². The van der Waals surface area contributed by atoms with Crippen molar-refractivity contribution in [2.24, 2.45) is 5.92 Å². The quantitative estimate of drug-likeness (QED) is 0.904. The van der Waals surface area contributed by atoms with E-state index in [-0.39, 0.29) is 6.04 Å². The van der Waals surface area contributed by atoms with Gasteiger partial charge in [0.05, 0.1) is 0 Å². The molecule has 0 amide bonds. The van der Waals surface area contributed by atoms with Crippen LogP contribution in [0.2, 0.25) is 0 Å². The van der Waals surface area contributed by atoms with Gasteiger partial charge < -0.3 is 5.11 Å². The average molecular weight is 259 g/mol. The van der Waals surface area contributed by atoms with Crippen molar-refractivity contribution in [3.8, 4) is 0 Å². The molecule has 1 aromatic rings. The van der Waals surface area contributed by atoms with Crippen molar-refractivity contribution in [1.82, 2.24) is 4.90 Å². The third-order valence-electron chi connectivity index (χ3n) is 4.52.